The first kappa shape index (κ1) is 19.3. The molecule has 0 radical (unpaired) electrons. The Morgan fingerprint density at radius 2 is 1.61 bits per heavy atom. The van der Waals surface area contributed by atoms with Gasteiger partial charge in [0.05, 0.1) is 0 Å². The van der Waals surface area contributed by atoms with Crippen LogP contribution in [0.5, 0.6) is 5.75 Å². The third-order valence-electron chi connectivity index (χ3n) is 3.03. The van der Waals surface area contributed by atoms with Crippen molar-refractivity contribution in [3.63, 3.8) is 0 Å². The molecule has 2 heterocycles. The number of aromatic nitrogens is 4. The van der Waals surface area contributed by atoms with E-state index >= 15 is 0 Å². The number of nitrogens with one attached hydrogen (secondary N) is 2. The molecule has 28 heavy (non-hydrogen) atoms. The molecule has 11 nitrogen and oxygen atoms in total. The number of aryl methyl sites for hydroxylation is 1. The fraction of sp³-hybridized carbons (Fsp3) is 0.133. The van der Waals surface area contributed by atoms with Crippen LogP contribution < -0.4 is 15.4 Å². The molecule has 3 rings (SSSR count). The Morgan fingerprint density at radius 1 is 0.964 bits per heavy atom. The summed E-state index contributed by atoms with van der Waals surface area (Å²) < 4.78 is 5.01. The van der Waals surface area contributed by atoms with Crippen molar-refractivity contribution in [1.82, 2.24) is 20.4 Å². The van der Waals surface area contributed by atoms with Gasteiger partial charge in [0.15, 0.2) is 6.61 Å². The first-order chi connectivity index (χ1) is 13.4. The summed E-state index contributed by atoms with van der Waals surface area (Å²) in [6.45, 7) is 1.30. The Hall–Kier alpha value is -3.45. The van der Waals surface area contributed by atoms with Gasteiger partial charge in [-0.3, -0.25) is 14.9 Å². The van der Waals surface area contributed by atoms with Gasteiger partial charge in [-0.1, -0.05) is 22.7 Å². The number of carbonyl (C=O) groups is 3. The number of nitrogens with zero attached hydrogens (tertiary/aromatic N) is 4. The standard InChI is InChI=1S/C15H12N6O5S2/c1-7-18-21-15(27-7)17-12(25)14-20-19-13(28-14)11(24)16-8-2-4-9(5-3-8)26-6-10(22)23/h2-5H,6H2,1H3,(H,16,24)(H,22,23)(H,17,21,25). The molecule has 0 aliphatic heterocycles. The lowest BCUT2D eigenvalue weighted by atomic mass is 10.3. The molecule has 3 N–H and O–H groups in total. The highest BCUT2D eigenvalue weighted by Gasteiger charge is 2.19. The van der Waals surface area contributed by atoms with E-state index in [9.17, 15) is 14.4 Å². The van der Waals surface area contributed by atoms with Crippen LogP contribution in [-0.4, -0.2) is 49.9 Å². The molecule has 0 saturated heterocycles. The Kier molecular flexibility index (Phi) is 5.86. The van der Waals surface area contributed by atoms with Crippen molar-refractivity contribution in [3.05, 3.63) is 39.3 Å². The molecule has 13 heteroatoms. The van der Waals surface area contributed by atoms with Crippen molar-refractivity contribution in [1.29, 1.82) is 0 Å². The minimum atomic E-state index is -1.09. The van der Waals surface area contributed by atoms with Crippen molar-refractivity contribution in [2.24, 2.45) is 0 Å². The second-order valence-electron chi connectivity index (χ2n) is 5.15. The molecule has 0 saturated carbocycles. The highest BCUT2D eigenvalue weighted by molar-refractivity contribution is 7.16. The molecule has 2 amide bonds. The maximum absolute atomic E-state index is 12.2. The summed E-state index contributed by atoms with van der Waals surface area (Å²) in [6.07, 6.45) is 0. The molecule has 0 unspecified atom stereocenters. The van der Waals surface area contributed by atoms with Crippen molar-refractivity contribution in [3.8, 4) is 5.75 Å². The molecular weight excluding hydrogens is 408 g/mol. The van der Waals surface area contributed by atoms with E-state index in [2.05, 4.69) is 31.0 Å². The molecule has 0 spiro atoms. The Bertz CT molecular complexity index is 1020. The van der Waals surface area contributed by atoms with Crippen molar-refractivity contribution in [2.75, 3.05) is 17.2 Å². The number of rotatable bonds is 7. The van der Waals surface area contributed by atoms with Gasteiger partial charge >= 0.3 is 5.97 Å². The molecule has 0 fully saturated rings. The summed E-state index contributed by atoms with van der Waals surface area (Å²) in [6, 6.07) is 6.12. The van der Waals surface area contributed by atoms with Gasteiger partial charge in [0.25, 0.3) is 11.8 Å². The molecule has 0 aliphatic rings. The Labute approximate surface area is 165 Å². The van der Waals surface area contributed by atoms with Crippen LogP contribution in [0.4, 0.5) is 10.8 Å². The minimum absolute atomic E-state index is 0.00444. The van der Waals surface area contributed by atoms with Gasteiger partial charge in [-0.05, 0) is 31.2 Å². The van der Waals surface area contributed by atoms with Crippen LogP contribution in [0, 0.1) is 6.92 Å². The smallest absolute Gasteiger partial charge is 0.341 e. The number of hydrogen-bond acceptors (Lipinski definition) is 10. The Balaban J connectivity index is 1.59. The number of amides is 2. The lowest BCUT2D eigenvalue weighted by molar-refractivity contribution is -0.139. The second kappa shape index (κ2) is 8.49. The van der Waals surface area contributed by atoms with E-state index in [0.29, 0.717) is 21.6 Å². The largest absolute Gasteiger partial charge is 0.482 e. The highest BCUT2D eigenvalue weighted by atomic mass is 32.1. The van der Waals surface area contributed by atoms with E-state index in [1.54, 1.807) is 19.1 Å². The van der Waals surface area contributed by atoms with Crippen LogP contribution in [0.25, 0.3) is 0 Å². The van der Waals surface area contributed by atoms with Gasteiger partial charge in [0.2, 0.25) is 15.1 Å². The molecule has 3 aromatic rings. The number of carbonyl (C=O) groups excluding carboxylic acids is 2. The highest BCUT2D eigenvalue weighted by Crippen LogP contribution is 2.19. The van der Waals surface area contributed by atoms with E-state index < -0.39 is 24.4 Å². The van der Waals surface area contributed by atoms with E-state index in [4.69, 9.17) is 9.84 Å². The first-order valence-electron chi connectivity index (χ1n) is 7.61. The zero-order chi connectivity index (χ0) is 20.1. The Morgan fingerprint density at radius 3 is 2.18 bits per heavy atom. The summed E-state index contributed by atoms with van der Waals surface area (Å²) in [4.78, 5) is 34.8. The topological polar surface area (TPSA) is 156 Å². The predicted octanol–water partition coefficient (Wildman–Crippen LogP) is 1.67. The van der Waals surface area contributed by atoms with Gasteiger partial charge in [0, 0.05) is 5.69 Å². The summed E-state index contributed by atoms with van der Waals surface area (Å²) in [5.41, 5.74) is 0.443. The molecule has 0 atom stereocenters. The van der Waals surface area contributed by atoms with Crippen LogP contribution in [0.15, 0.2) is 24.3 Å². The summed E-state index contributed by atoms with van der Waals surface area (Å²) in [5, 5.41) is 29.7. The number of carboxylic acids is 1. The van der Waals surface area contributed by atoms with Crippen molar-refractivity contribution < 1.29 is 24.2 Å². The fourth-order valence-corrected chi connectivity index (χ4v) is 3.09. The maximum Gasteiger partial charge on any atom is 0.341 e. The fourth-order valence-electron chi connectivity index (χ4n) is 1.87. The number of aliphatic carboxylic acids is 1. The molecule has 0 aliphatic carbocycles. The zero-order valence-corrected chi connectivity index (χ0v) is 15.8. The van der Waals surface area contributed by atoms with Crippen LogP contribution in [0.3, 0.4) is 0 Å². The predicted molar refractivity (Wildman–Crippen MR) is 100 cm³/mol. The van der Waals surface area contributed by atoms with E-state index in [0.717, 1.165) is 11.3 Å². The number of anilines is 2. The van der Waals surface area contributed by atoms with Gasteiger partial charge in [-0.2, -0.15) is 0 Å². The van der Waals surface area contributed by atoms with Gasteiger partial charge in [0.1, 0.15) is 10.8 Å². The average molecular weight is 420 g/mol. The van der Waals surface area contributed by atoms with E-state index in [1.807, 2.05) is 0 Å². The monoisotopic (exact) mass is 420 g/mol. The van der Waals surface area contributed by atoms with Crippen LogP contribution in [0.2, 0.25) is 0 Å². The molecule has 144 valence electrons. The SMILES string of the molecule is Cc1nnc(NC(=O)c2nnc(C(=O)Nc3ccc(OCC(=O)O)cc3)s2)s1. The molecule has 0 bridgehead atoms. The first-order valence-corrected chi connectivity index (χ1v) is 9.25. The quantitative estimate of drug-likeness (QED) is 0.517. The van der Waals surface area contributed by atoms with Gasteiger partial charge in [-0.15, -0.1) is 20.4 Å². The minimum Gasteiger partial charge on any atom is -0.482 e. The number of hydrogen-bond donors (Lipinski definition) is 3. The van der Waals surface area contributed by atoms with E-state index in [1.165, 1.54) is 23.5 Å². The number of benzene rings is 1. The van der Waals surface area contributed by atoms with Gasteiger partial charge in [-0.25, -0.2) is 4.79 Å². The zero-order valence-electron chi connectivity index (χ0n) is 14.2. The second-order valence-corrected chi connectivity index (χ2v) is 7.31. The van der Waals surface area contributed by atoms with Crippen LogP contribution in [-0.2, 0) is 4.79 Å². The van der Waals surface area contributed by atoms with Crippen molar-refractivity contribution in [2.45, 2.75) is 6.92 Å². The van der Waals surface area contributed by atoms with Crippen LogP contribution in [0.1, 0.15) is 24.6 Å². The third kappa shape index (κ3) is 5.05. The maximum atomic E-state index is 12.2. The normalized spacial score (nSPS) is 10.3. The number of carboxylic acid groups (broad SMARTS) is 1. The number of ether oxygens (including phenoxy) is 1. The molecule has 2 aromatic heterocycles. The summed E-state index contributed by atoms with van der Waals surface area (Å²) >= 11 is 2.04. The molecule has 1 aromatic carbocycles. The van der Waals surface area contributed by atoms with Crippen molar-refractivity contribution >= 4 is 51.3 Å². The third-order valence-corrected chi connectivity index (χ3v) is 4.71. The van der Waals surface area contributed by atoms with E-state index in [-0.39, 0.29) is 10.0 Å². The molecular formula is C15H12N6O5S2. The average Bonchev–Trinajstić information content (AvgIpc) is 3.30. The summed E-state index contributed by atoms with van der Waals surface area (Å²) in [7, 11) is 0. The van der Waals surface area contributed by atoms with Gasteiger partial charge < -0.3 is 15.2 Å². The summed E-state index contributed by atoms with van der Waals surface area (Å²) in [5.74, 6) is -1.81. The van der Waals surface area contributed by atoms with Crippen LogP contribution >= 0.6 is 22.7 Å². The lowest BCUT2D eigenvalue weighted by Crippen LogP contribution is -2.12. The lowest BCUT2D eigenvalue weighted by Gasteiger charge is -2.05.